The third kappa shape index (κ3) is 2.90. The van der Waals surface area contributed by atoms with Gasteiger partial charge in [-0.15, -0.1) is 6.58 Å². The number of amides is 1. The molecule has 0 fully saturated rings. The van der Waals surface area contributed by atoms with Gasteiger partial charge in [-0.1, -0.05) is 19.9 Å². The van der Waals surface area contributed by atoms with Crippen molar-refractivity contribution in [2.75, 3.05) is 0 Å². The van der Waals surface area contributed by atoms with Gasteiger partial charge in [0, 0.05) is 6.04 Å². The quantitative estimate of drug-likeness (QED) is 0.442. The van der Waals surface area contributed by atoms with Crippen molar-refractivity contribution in [3.05, 3.63) is 12.7 Å². The molecule has 0 bridgehead atoms. The molecule has 0 heterocycles. The Hall–Kier alpha value is -0.790. The molecule has 1 N–H and O–H groups in total. The second-order valence-corrected chi connectivity index (χ2v) is 2.29. The van der Waals surface area contributed by atoms with E-state index < -0.39 is 0 Å². The Labute approximate surface area is 56.0 Å². The maximum atomic E-state index is 9.92. The van der Waals surface area contributed by atoms with E-state index in [0.717, 1.165) is 0 Å². The summed E-state index contributed by atoms with van der Waals surface area (Å²) >= 11 is 0. The van der Waals surface area contributed by atoms with Gasteiger partial charge in [0.1, 0.15) is 0 Å². The monoisotopic (exact) mass is 127 g/mol. The van der Waals surface area contributed by atoms with Crippen molar-refractivity contribution in [3.63, 3.8) is 0 Å². The molecule has 0 aliphatic heterocycles. The number of carbonyl (C=O) groups excluding carboxylic acids is 1. The maximum Gasteiger partial charge on any atom is 0.207 e. The lowest BCUT2D eigenvalue weighted by molar-refractivity contribution is -0.110. The van der Waals surface area contributed by atoms with Crippen molar-refractivity contribution in [2.45, 2.75) is 19.9 Å². The largest absolute Gasteiger partial charge is 0.352 e. The standard InChI is InChI=1S/C7H13NO/c1-4-7(6(2)3)8-5-9/h4-7H,1H2,2-3H3,(H,8,9)/t7-/m0/s1. The zero-order chi connectivity index (χ0) is 7.28. The van der Waals surface area contributed by atoms with Gasteiger partial charge >= 0.3 is 0 Å². The number of carbonyl (C=O) groups is 1. The Morgan fingerprint density at radius 3 is 2.22 bits per heavy atom. The molecule has 0 aromatic heterocycles. The minimum atomic E-state index is 0.113. The molecule has 0 rings (SSSR count). The molecule has 1 atom stereocenters. The molecular formula is C7H13NO. The zero-order valence-electron chi connectivity index (χ0n) is 5.92. The van der Waals surface area contributed by atoms with Crippen LogP contribution in [0.25, 0.3) is 0 Å². The summed E-state index contributed by atoms with van der Waals surface area (Å²) in [6.45, 7) is 7.64. The van der Waals surface area contributed by atoms with E-state index in [1.54, 1.807) is 6.08 Å². The molecule has 0 aliphatic rings. The summed E-state index contributed by atoms with van der Waals surface area (Å²) in [6, 6.07) is 0.113. The molecule has 0 spiro atoms. The summed E-state index contributed by atoms with van der Waals surface area (Å²) in [6.07, 6.45) is 2.44. The first kappa shape index (κ1) is 8.21. The first-order chi connectivity index (χ1) is 4.22. The van der Waals surface area contributed by atoms with Crippen molar-refractivity contribution < 1.29 is 4.79 Å². The average molecular weight is 127 g/mol. The first-order valence-electron chi connectivity index (χ1n) is 3.04. The molecular weight excluding hydrogens is 114 g/mol. The van der Waals surface area contributed by atoms with Crippen molar-refractivity contribution in [1.82, 2.24) is 5.32 Å². The maximum absolute atomic E-state index is 9.92. The molecule has 0 aliphatic carbocycles. The molecule has 0 unspecified atom stereocenters. The molecule has 0 radical (unpaired) electrons. The van der Waals surface area contributed by atoms with Gasteiger partial charge in [0.05, 0.1) is 0 Å². The van der Waals surface area contributed by atoms with E-state index in [9.17, 15) is 4.79 Å². The SMILES string of the molecule is C=C[C@H](NC=O)C(C)C. The number of hydrogen-bond donors (Lipinski definition) is 1. The molecule has 1 amide bonds. The van der Waals surface area contributed by atoms with Crippen LogP contribution in [0.15, 0.2) is 12.7 Å². The summed E-state index contributed by atoms with van der Waals surface area (Å²) in [4.78, 5) is 9.92. The van der Waals surface area contributed by atoms with E-state index in [1.165, 1.54) is 0 Å². The molecule has 0 aromatic carbocycles. The molecule has 52 valence electrons. The molecule has 2 nitrogen and oxygen atoms in total. The summed E-state index contributed by atoms with van der Waals surface area (Å²) in [5, 5.41) is 2.63. The van der Waals surface area contributed by atoms with Crippen molar-refractivity contribution in [3.8, 4) is 0 Å². The van der Waals surface area contributed by atoms with Crippen LogP contribution < -0.4 is 5.32 Å². The molecule has 0 saturated heterocycles. The Morgan fingerprint density at radius 2 is 2.11 bits per heavy atom. The van der Waals surface area contributed by atoms with Gasteiger partial charge in [0.25, 0.3) is 0 Å². The van der Waals surface area contributed by atoms with Gasteiger partial charge in [-0.25, -0.2) is 0 Å². The highest BCUT2D eigenvalue weighted by Gasteiger charge is 2.05. The minimum Gasteiger partial charge on any atom is -0.352 e. The first-order valence-corrected chi connectivity index (χ1v) is 3.04. The number of hydrogen-bond acceptors (Lipinski definition) is 1. The fourth-order valence-electron chi connectivity index (χ4n) is 0.611. The number of nitrogens with one attached hydrogen (secondary N) is 1. The fraction of sp³-hybridized carbons (Fsp3) is 0.571. The molecule has 2 heteroatoms. The van der Waals surface area contributed by atoms with Gasteiger partial charge in [-0.2, -0.15) is 0 Å². The highest BCUT2D eigenvalue weighted by molar-refractivity contribution is 5.47. The van der Waals surface area contributed by atoms with Crippen LogP contribution in [-0.4, -0.2) is 12.5 Å². The topological polar surface area (TPSA) is 29.1 Å². The lowest BCUT2D eigenvalue weighted by atomic mass is 10.1. The van der Waals surface area contributed by atoms with Crippen LogP contribution in [0.3, 0.4) is 0 Å². The molecule has 0 aromatic rings. The van der Waals surface area contributed by atoms with E-state index in [0.29, 0.717) is 12.3 Å². The lowest BCUT2D eigenvalue weighted by Gasteiger charge is -2.14. The Balaban J connectivity index is 3.66. The Bertz CT molecular complexity index is 99.1. The fourth-order valence-corrected chi connectivity index (χ4v) is 0.611. The summed E-state index contributed by atoms with van der Waals surface area (Å²) < 4.78 is 0. The highest BCUT2D eigenvalue weighted by Crippen LogP contribution is 1.99. The van der Waals surface area contributed by atoms with Crippen molar-refractivity contribution in [1.29, 1.82) is 0 Å². The van der Waals surface area contributed by atoms with Crippen LogP contribution in [0.2, 0.25) is 0 Å². The molecule has 9 heavy (non-hydrogen) atoms. The van der Waals surface area contributed by atoms with Crippen LogP contribution in [0.5, 0.6) is 0 Å². The normalized spacial score (nSPS) is 12.8. The third-order valence-electron chi connectivity index (χ3n) is 1.23. The van der Waals surface area contributed by atoms with E-state index in [1.807, 2.05) is 13.8 Å². The minimum absolute atomic E-state index is 0.113. The van der Waals surface area contributed by atoms with Crippen LogP contribution in [0.4, 0.5) is 0 Å². The van der Waals surface area contributed by atoms with Gasteiger partial charge < -0.3 is 5.32 Å². The van der Waals surface area contributed by atoms with Crippen LogP contribution in [-0.2, 0) is 4.79 Å². The Kier molecular flexibility index (Phi) is 3.76. The van der Waals surface area contributed by atoms with E-state index in [2.05, 4.69) is 11.9 Å². The second-order valence-electron chi connectivity index (χ2n) is 2.29. The third-order valence-corrected chi connectivity index (χ3v) is 1.23. The average Bonchev–Trinajstić information content (AvgIpc) is 1.82. The summed E-state index contributed by atoms with van der Waals surface area (Å²) in [5.41, 5.74) is 0. The van der Waals surface area contributed by atoms with Crippen LogP contribution in [0, 0.1) is 5.92 Å². The van der Waals surface area contributed by atoms with E-state index in [4.69, 9.17) is 0 Å². The Morgan fingerprint density at radius 1 is 1.56 bits per heavy atom. The summed E-state index contributed by atoms with van der Waals surface area (Å²) in [5.74, 6) is 0.424. The van der Waals surface area contributed by atoms with Gasteiger partial charge in [0.2, 0.25) is 6.41 Å². The smallest absolute Gasteiger partial charge is 0.207 e. The van der Waals surface area contributed by atoms with Crippen molar-refractivity contribution >= 4 is 6.41 Å². The van der Waals surface area contributed by atoms with Gasteiger partial charge in [-0.05, 0) is 5.92 Å². The zero-order valence-corrected chi connectivity index (χ0v) is 5.92. The van der Waals surface area contributed by atoms with Crippen LogP contribution in [0.1, 0.15) is 13.8 Å². The van der Waals surface area contributed by atoms with E-state index in [-0.39, 0.29) is 6.04 Å². The lowest BCUT2D eigenvalue weighted by Crippen LogP contribution is -2.30. The molecule has 0 saturated carbocycles. The highest BCUT2D eigenvalue weighted by atomic mass is 16.1. The van der Waals surface area contributed by atoms with Gasteiger partial charge in [-0.3, -0.25) is 4.79 Å². The predicted molar refractivity (Wildman–Crippen MR) is 38.0 cm³/mol. The predicted octanol–water partition coefficient (Wildman–Crippen LogP) is 0.943. The van der Waals surface area contributed by atoms with E-state index >= 15 is 0 Å². The number of rotatable bonds is 4. The van der Waals surface area contributed by atoms with Crippen LogP contribution >= 0.6 is 0 Å². The summed E-state index contributed by atoms with van der Waals surface area (Å²) in [7, 11) is 0. The van der Waals surface area contributed by atoms with Gasteiger partial charge in [0.15, 0.2) is 0 Å². The van der Waals surface area contributed by atoms with Crippen molar-refractivity contribution in [2.24, 2.45) is 5.92 Å². The second kappa shape index (κ2) is 4.13.